The Kier molecular flexibility index (Phi) is 3.87. The molecule has 0 fully saturated rings. The molecule has 25 heavy (non-hydrogen) atoms. The van der Waals surface area contributed by atoms with Crippen LogP contribution in [0.3, 0.4) is 0 Å². The summed E-state index contributed by atoms with van der Waals surface area (Å²) in [5.74, 6) is 1.77. The summed E-state index contributed by atoms with van der Waals surface area (Å²) >= 11 is 0. The lowest BCUT2D eigenvalue weighted by atomic mass is 9.95. The van der Waals surface area contributed by atoms with Crippen molar-refractivity contribution in [2.45, 2.75) is 26.3 Å². The summed E-state index contributed by atoms with van der Waals surface area (Å²) in [4.78, 5) is 16.2. The maximum Gasteiger partial charge on any atom is 0.229 e. The largest absolute Gasteiger partial charge is 0.493 e. The number of amides is 1. The van der Waals surface area contributed by atoms with Crippen LogP contribution in [-0.2, 0) is 4.79 Å². The predicted molar refractivity (Wildman–Crippen MR) is 95.7 cm³/mol. The Morgan fingerprint density at radius 1 is 1.24 bits per heavy atom. The Hall–Kier alpha value is -2.89. The van der Waals surface area contributed by atoms with E-state index in [1.807, 2.05) is 24.3 Å². The number of carbonyl (C=O) groups excluding carboxylic acids is 1. The molecule has 2 heterocycles. The highest BCUT2D eigenvalue weighted by Crippen LogP contribution is 2.36. The number of ether oxygens (including phenoxy) is 1. The van der Waals surface area contributed by atoms with Crippen molar-refractivity contribution in [3.05, 3.63) is 48.3 Å². The zero-order chi connectivity index (χ0) is 17.4. The van der Waals surface area contributed by atoms with Crippen LogP contribution in [0.2, 0.25) is 0 Å². The molecule has 128 valence electrons. The molecule has 4 rings (SSSR count). The van der Waals surface area contributed by atoms with E-state index >= 15 is 0 Å². The highest BCUT2D eigenvalue weighted by Gasteiger charge is 2.29. The van der Waals surface area contributed by atoms with E-state index in [1.165, 1.54) is 6.33 Å². The van der Waals surface area contributed by atoms with Crippen molar-refractivity contribution < 1.29 is 9.53 Å². The molecule has 0 saturated carbocycles. The van der Waals surface area contributed by atoms with Crippen molar-refractivity contribution in [1.29, 1.82) is 0 Å². The zero-order valence-electron chi connectivity index (χ0n) is 14.3. The van der Waals surface area contributed by atoms with E-state index in [9.17, 15) is 4.79 Å². The molecule has 1 aliphatic heterocycles. The van der Waals surface area contributed by atoms with Crippen molar-refractivity contribution in [3.63, 3.8) is 0 Å². The lowest BCUT2D eigenvalue weighted by Crippen LogP contribution is -2.29. The van der Waals surface area contributed by atoms with Crippen LogP contribution < -0.4 is 10.1 Å². The fourth-order valence-electron chi connectivity index (χ4n) is 3.21. The minimum absolute atomic E-state index is 0.0466. The van der Waals surface area contributed by atoms with E-state index in [0.29, 0.717) is 24.9 Å². The van der Waals surface area contributed by atoms with Gasteiger partial charge >= 0.3 is 0 Å². The fraction of sp³-hybridized carbons (Fsp3) is 0.316. The zero-order valence-corrected chi connectivity index (χ0v) is 14.3. The first-order valence-electron chi connectivity index (χ1n) is 8.47. The lowest BCUT2D eigenvalue weighted by Gasteiger charge is -2.25. The average Bonchev–Trinajstić information content (AvgIpc) is 3.07. The summed E-state index contributed by atoms with van der Waals surface area (Å²) < 4.78 is 7.76. The number of hydrogen-bond acceptors (Lipinski definition) is 4. The second kappa shape index (κ2) is 6.20. The van der Waals surface area contributed by atoms with E-state index in [4.69, 9.17) is 4.74 Å². The van der Waals surface area contributed by atoms with Crippen LogP contribution in [-0.4, -0.2) is 27.3 Å². The molecule has 0 aliphatic carbocycles. The molecule has 0 unspecified atom stereocenters. The Balaban J connectivity index is 1.82. The van der Waals surface area contributed by atoms with E-state index in [0.717, 1.165) is 22.1 Å². The molecule has 0 spiro atoms. The van der Waals surface area contributed by atoms with Crippen molar-refractivity contribution in [2.24, 2.45) is 5.92 Å². The smallest absolute Gasteiger partial charge is 0.229 e. The number of benzene rings is 2. The third kappa shape index (κ3) is 2.84. The second-order valence-electron chi connectivity index (χ2n) is 6.70. The molecule has 1 amide bonds. The third-order valence-corrected chi connectivity index (χ3v) is 4.35. The number of fused-ring (bicyclic) bond motifs is 2. The molecule has 0 saturated heterocycles. The lowest BCUT2D eigenvalue weighted by molar-refractivity contribution is -0.117. The Labute approximate surface area is 145 Å². The van der Waals surface area contributed by atoms with Gasteiger partial charge in [-0.25, -0.2) is 4.68 Å². The summed E-state index contributed by atoms with van der Waals surface area (Å²) in [6, 6.07) is 12.0. The van der Waals surface area contributed by atoms with Crippen LogP contribution in [0.25, 0.3) is 10.8 Å². The number of nitrogens with zero attached hydrogens (tertiary/aromatic N) is 3. The molecule has 0 radical (unpaired) electrons. The van der Waals surface area contributed by atoms with Gasteiger partial charge < -0.3 is 4.74 Å². The van der Waals surface area contributed by atoms with Gasteiger partial charge in [-0.15, -0.1) is 0 Å². The predicted octanol–water partition coefficient (Wildman–Crippen LogP) is 3.40. The van der Waals surface area contributed by atoms with Gasteiger partial charge in [0.2, 0.25) is 11.9 Å². The van der Waals surface area contributed by atoms with Crippen LogP contribution in [0.15, 0.2) is 42.7 Å². The molecule has 0 bridgehead atoms. The topological polar surface area (TPSA) is 69.0 Å². The summed E-state index contributed by atoms with van der Waals surface area (Å²) in [7, 11) is 0. The van der Waals surface area contributed by atoms with E-state index in [2.05, 4.69) is 41.4 Å². The van der Waals surface area contributed by atoms with Crippen molar-refractivity contribution in [1.82, 2.24) is 14.8 Å². The molecule has 2 aromatic carbocycles. The monoisotopic (exact) mass is 336 g/mol. The number of nitrogens with one attached hydrogen (secondary N) is 1. The van der Waals surface area contributed by atoms with E-state index in [1.54, 1.807) is 4.68 Å². The summed E-state index contributed by atoms with van der Waals surface area (Å²) in [5, 5.41) is 9.18. The van der Waals surface area contributed by atoms with Gasteiger partial charge in [0, 0.05) is 5.39 Å². The van der Waals surface area contributed by atoms with Crippen LogP contribution in [0, 0.1) is 5.92 Å². The fourth-order valence-corrected chi connectivity index (χ4v) is 3.21. The van der Waals surface area contributed by atoms with Crippen LogP contribution in [0.1, 0.15) is 31.9 Å². The number of carbonyl (C=O) groups is 1. The number of aromatic nitrogens is 3. The summed E-state index contributed by atoms with van der Waals surface area (Å²) in [6.07, 6.45) is 1.81. The maximum absolute atomic E-state index is 12.1. The first kappa shape index (κ1) is 15.6. The minimum atomic E-state index is -0.171. The van der Waals surface area contributed by atoms with Gasteiger partial charge in [0.25, 0.3) is 0 Å². The molecule has 1 N–H and O–H groups in total. The van der Waals surface area contributed by atoms with Gasteiger partial charge in [0.15, 0.2) is 0 Å². The van der Waals surface area contributed by atoms with Crippen LogP contribution >= 0.6 is 0 Å². The number of anilines is 1. The summed E-state index contributed by atoms with van der Waals surface area (Å²) in [6.45, 7) is 4.93. The van der Waals surface area contributed by atoms with Gasteiger partial charge in [-0.2, -0.15) is 10.1 Å². The molecular formula is C19H20N4O2. The van der Waals surface area contributed by atoms with Gasteiger partial charge in [-0.3, -0.25) is 10.1 Å². The van der Waals surface area contributed by atoms with Gasteiger partial charge in [-0.1, -0.05) is 44.2 Å². The maximum atomic E-state index is 12.1. The Morgan fingerprint density at radius 2 is 2.04 bits per heavy atom. The molecule has 1 atom stereocenters. The molecule has 6 nitrogen and oxygen atoms in total. The average molecular weight is 336 g/mol. The Bertz CT molecular complexity index is 932. The number of rotatable bonds is 4. The molecule has 6 heteroatoms. The van der Waals surface area contributed by atoms with Gasteiger partial charge in [0.05, 0.1) is 19.1 Å². The second-order valence-corrected chi connectivity index (χ2v) is 6.70. The number of hydrogen-bond donors (Lipinski definition) is 1. The molecule has 1 aromatic heterocycles. The quantitative estimate of drug-likeness (QED) is 0.793. The Morgan fingerprint density at radius 3 is 2.84 bits per heavy atom. The summed E-state index contributed by atoms with van der Waals surface area (Å²) in [5.41, 5.74) is 1.05. The minimum Gasteiger partial charge on any atom is -0.493 e. The van der Waals surface area contributed by atoms with Gasteiger partial charge in [0.1, 0.15) is 12.1 Å². The first-order valence-corrected chi connectivity index (χ1v) is 8.47. The van der Waals surface area contributed by atoms with Crippen molar-refractivity contribution in [3.8, 4) is 5.75 Å². The van der Waals surface area contributed by atoms with Crippen molar-refractivity contribution in [2.75, 3.05) is 11.9 Å². The highest BCUT2D eigenvalue weighted by atomic mass is 16.5. The normalized spacial score (nSPS) is 16.8. The molecule has 1 aliphatic rings. The highest BCUT2D eigenvalue weighted by molar-refractivity contribution is 5.94. The van der Waals surface area contributed by atoms with Crippen LogP contribution in [0.4, 0.5) is 5.95 Å². The van der Waals surface area contributed by atoms with Crippen molar-refractivity contribution >= 4 is 22.6 Å². The first-order chi connectivity index (χ1) is 12.1. The van der Waals surface area contributed by atoms with E-state index in [-0.39, 0.29) is 11.9 Å². The third-order valence-electron chi connectivity index (χ3n) is 4.35. The molecule has 3 aromatic rings. The van der Waals surface area contributed by atoms with E-state index < -0.39 is 0 Å². The SMILES string of the molecule is CC(C)COc1ccc([C@@H]2CC(=O)Nc3ncnn32)c2ccccc12. The van der Waals surface area contributed by atoms with Crippen LogP contribution in [0.5, 0.6) is 5.75 Å². The van der Waals surface area contributed by atoms with Gasteiger partial charge in [-0.05, 0) is 22.9 Å². The standard InChI is InChI=1S/C19H20N4O2/c1-12(2)10-25-17-8-7-14(13-5-3-4-6-15(13)17)16-9-18(24)22-19-20-11-21-23(16)19/h3-8,11-12,16H,9-10H2,1-2H3,(H,20,21,22,24)/t16-/m0/s1. The molecular weight excluding hydrogens is 316 g/mol.